The van der Waals surface area contributed by atoms with Crippen molar-refractivity contribution < 1.29 is 23.8 Å². The van der Waals surface area contributed by atoms with Crippen LogP contribution in [0.4, 0.5) is 0 Å². The first-order chi connectivity index (χ1) is 8.58. The maximum Gasteiger partial charge on any atom is 0.371 e. The molecule has 0 saturated heterocycles. The lowest BCUT2D eigenvalue weighted by molar-refractivity contribution is 0.0658. The van der Waals surface area contributed by atoms with Gasteiger partial charge in [0, 0.05) is 7.11 Å². The van der Waals surface area contributed by atoms with E-state index in [1.165, 1.54) is 12.1 Å². The SMILES string of the molecule is CCCC(COC)NC(=O)c1ccc(C(=O)O)o1. The third-order valence-corrected chi connectivity index (χ3v) is 2.38. The van der Waals surface area contributed by atoms with Gasteiger partial charge in [-0.3, -0.25) is 4.79 Å². The number of hydrogen-bond acceptors (Lipinski definition) is 4. The number of methoxy groups -OCH3 is 1. The highest BCUT2D eigenvalue weighted by molar-refractivity contribution is 5.93. The van der Waals surface area contributed by atoms with Crippen LogP contribution in [0.15, 0.2) is 16.5 Å². The number of carboxylic acid groups (broad SMARTS) is 1. The highest BCUT2D eigenvalue weighted by Crippen LogP contribution is 2.08. The average Bonchev–Trinajstić information content (AvgIpc) is 2.79. The van der Waals surface area contributed by atoms with Crippen molar-refractivity contribution in [1.29, 1.82) is 0 Å². The average molecular weight is 255 g/mol. The number of carbonyl (C=O) groups is 2. The molecule has 0 fully saturated rings. The number of nitrogens with one attached hydrogen (secondary N) is 1. The molecular formula is C12H17NO5. The Kier molecular flexibility index (Phi) is 5.38. The van der Waals surface area contributed by atoms with Crippen molar-refractivity contribution in [2.75, 3.05) is 13.7 Å². The van der Waals surface area contributed by atoms with Gasteiger partial charge < -0.3 is 19.6 Å². The second-order valence-corrected chi connectivity index (χ2v) is 3.88. The molecule has 0 bridgehead atoms. The number of carboxylic acids is 1. The van der Waals surface area contributed by atoms with Crippen LogP contribution in [0.25, 0.3) is 0 Å². The monoisotopic (exact) mass is 255 g/mol. The molecular weight excluding hydrogens is 238 g/mol. The molecule has 1 unspecified atom stereocenters. The number of carbonyl (C=O) groups excluding carboxylic acids is 1. The van der Waals surface area contributed by atoms with Gasteiger partial charge in [-0.25, -0.2) is 4.79 Å². The third-order valence-electron chi connectivity index (χ3n) is 2.38. The summed E-state index contributed by atoms with van der Waals surface area (Å²) in [7, 11) is 1.56. The fourth-order valence-electron chi connectivity index (χ4n) is 1.58. The lowest BCUT2D eigenvalue weighted by Crippen LogP contribution is -2.37. The van der Waals surface area contributed by atoms with E-state index in [0.29, 0.717) is 6.61 Å². The van der Waals surface area contributed by atoms with E-state index in [1.807, 2.05) is 6.92 Å². The first-order valence-electron chi connectivity index (χ1n) is 5.71. The van der Waals surface area contributed by atoms with Crippen LogP contribution in [0, 0.1) is 0 Å². The lowest BCUT2D eigenvalue weighted by atomic mass is 10.2. The van der Waals surface area contributed by atoms with Gasteiger partial charge in [0.05, 0.1) is 12.6 Å². The Balaban J connectivity index is 2.64. The molecule has 0 saturated carbocycles. The Labute approximate surface area is 105 Å². The Bertz CT molecular complexity index is 406. The Morgan fingerprint density at radius 1 is 1.44 bits per heavy atom. The van der Waals surface area contributed by atoms with Gasteiger partial charge in [0.25, 0.3) is 5.91 Å². The van der Waals surface area contributed by atoms with Crippen LogP contribution in [0.2, 0.25) is 0 Å². The first-order valence-corrected chi connectivity index (χ1v) is 5.71. The molecule has 6 heteroatoms. The molecule has 1 aromatic rings. The normalized spacial score (nSPS) is 12.1. The van der Waals surface area contributed by atoms with Gasteiger partial charge in [-0.2, -0.15) is 0 Å². The fraction of sp³-hybridized carbons (Fsp3) is 0.500. The van der Waals surface area contributed by atoms with Crippen LogP contribution in [0.5, 0.6) is 0 Å². The molecule has 1 aromatic heterocycles. The van der Waals surface area contributed by atoms with Crippen LogP contribution in [-0.2, 0) is 4.74 Å². The zero-order valence-corrected chi connectivity index (χ0v) is 10.4. The van der Waals surface area contributed by atoms with Gasteiger partial charge >= 0.3 is 5.97 Å². The standard InChI is InChI=1S/C12H17NO5/c1-3-4-8(7-17-2)13-11(14)9-5-6-10(18-9)12(15)16/h5-6,8H,3-4,7H2,1-2H3,(H,13,14)(H,15,16). The van der Waals surface area contributed by atoms with Crippen LogP contribution >= 0.6 is 0 Å². The second-order valence-electron chi connectivity index (χ2n) is 3.88. The van der Waals surface area contributed by atoms with E-state index in [1.54, 1.807) is 7.11 Å². The first kappa shape index (κ1) is 14.2. The topological polar surface area (TPSA) is 88.8 Å². The summed E-state index contributed by atoms with van der Waals surface area (Å²) in [6.45, 7) is 2.41. The Morgan fingerprint density at radius 3 is 2.61 bits per heavy atom. The van der Waals surface area contributed by atoms with Gasteiger partial charge in [-0.05, 0) is 18.6 Å². The summed E-state index contributed by atoms with van der Waals surface area (Å²) in [4.78, 5) is 22.4. The van der Waals surface area contributed by atoms with Crippen molar-refractivity contribution in [2.24, 2.45) is 0 Å². The van der Waals surface area contributed by atoms with Crippen molar-refractivity contribution >= 4 is 11.9 Å². The molecule has 0 aromatic carbocycles. The van der Waals surface area contributed by atoms with Gasteiger partial charge in [0.2, 0.25) is 5.76 Å². The summed E-state index contributed by atoms with van der Waals surface area (Å²) in [5.74, 6) is -1.89. The molecule has 0 aliphatic rings. The summed E-state index contributed by atoms with van der Waals surface area (Å²) >= 11 is 0. The summed E-state index contributed by atoms with van der Waals surface area (Å²) in [5, 5.41) is 11.4. The lowest BCUT2D eigenvalue weighted by Gasteiger charge is -2.16. The molecule has 0 radical (unpaired) electrons. The number of rotatable bonds is 7. The zero-order chi connectivity index (χ0) is 13.5. The second kappa shape index (κ2) is 6.80. The van der Waals surface area contributed by atoms with Gasteiger partial charge in [0.1, 0.15) is 0 Å². The maximum absolute atomic E-state index is 11.8. The summed E-state index contributed by atoms with van der Waals surface area (Å²) in [6.07, 6.45) is 1.69. The van der Waals surface area contributed by atoms with Gasteiger partial charge in [-0.1, -0.05) is 13.3 Å². The van der Waals surface area contributed by atoms with Crippen molar-refractivity contribution in [3.8, 4) is 0 Å². The molecule has 1 rings (SSSR count). The molecule has 1 heterocycles. The molecule has 1 atom stereocenters. The molecule has 0 spiro atoms. The largest absolute Gasteiger partial charge is 0.475 e. The van der Waals surface area contributed by atoms with Crippen molar-refractivity contribution in [3.63, 3.8) is 0 Å². The van der Waals surface area contributed by atoms with E-state index in [9.17, 15) is 9.59 Å². The van der Waals surface area contributed by atoms with Crippen molar-refractivity contribution in [1.82, 2.24) is 5.32 Å². The van der Waals surface area contributed by atoms with Crippen LogP contribution in [-0.4, -0.2) is 36.7 Å². The maximum atomic E-state index is 11.8. The summed E-state index contributed by atoms with van der Waals surface area (Å²) < 4.78 is 9.91. The minimum atomic E-state index is -1.20. The molecule has 2 N–H and O–H groups in total. The van der Waals surface area contributed by atoms with Crippen LogP contribution in [0.3, 0.4) is 0 Å². The quantitative estimate of drug-likeness (QED) is 0.771. The minimum absolute atomic E-state index is 0.00962. The molecule has 0 aliphatic heterocycles. The third kappa shape index (κ3) is 3.89. The summed E-state index contributed by atoms with van der Waals surface area (Å²) in [5.41, 5.74) is 0. The summed E-state index contributed by atoms with van der Waals surface area (Å²) in [6, 6.07) is 2.49. The number of hydrogen-bond donors (Lipinski definition) is 2. The molecule has 18 heavy (non-hydrogen) atoms. The predicted molar refractivity (Wildman–Crippen MR) is 63.7 cm³/mol. The van der Waals surface area contributed by atoms with E-state index in [0.717, 1.165) is 12.8 Å². The highest BCUT2D eigenvalue weighted by atomic mass is 16.5. The Morgan fingerprint density at radius 2 is 2.11 bits per heavy atom. The molecule has 6 nitrogen and oxygen atoms in total. The van der Waals surface area contributed by atoms with Gasteiger partial charge in [0.15, 0.2) is 5.76 Å². The van der Waals surface area contributed by atoms with E-state index >= 15 is 0 Å². The number of aromatic carboxylic acids is 1. The fourth-order valence-corrected chi connectivity index (χ4v) is 1.58. The van der Waals surface area contributed by atoms with E-state index in [-0.39, 0.29) is 17.6 Å². The number of amides is 1. The number of furan rings is 1. The van der Waals surface area contributed by atoms with Crippen molar-refractivity contribution in [2.45, 2.75) is 25.8 Å². The van der Waals surface area contributed by atoms with E-state index in [4.69, 9.17) is 14.3 Å². The predicted octanol–water partition coefficient (Wildman–Crippen LogP) is 1.52. The Hall–Kier alpha value is -1.82. The zero-order valence-electron chi connectivity index (χ0n) is 10.4. The van der Waals surface area contributed by atoms with Crippen LogP contribution < -0.4 is 5.32 Å². The van der Waals surface area contributed by atoms with Crippen molar-refractivity contribution in [3.05, 3.63) is 23.7 Å². The van der Waals surface area contributed by atoms with Crippen LogP contribution in [0.1, 0.15) is 40.9 Å². The van der Waals surface area contributed by atoms with Gasteiger partial charge in [-0.15, -0.1) is 0 Å². The van der Waals surface area contributed by atoms with E-state index < -0.39 is 11.9 Å². The number of ether oxygens (including phenoxy) is 1. The molecule has 100 valence electrons. The minimum Gasteiger partial charge on any atom is -0.475 e. The van der Waals surface area contributed by atoms with E-state index in [2.05, 4.69) is 5.32 Å². The smallest absolute Gasteiger partial charge is 0.371 e. The molecule has 1 amide bonds. The highest BCUT2D eigenvalue weighted by Gasteiger charge is 2.17. The molecule has 0 aliphatic carbocycles.